The van der Waals surface area contributed by atoms with Crippen LogP contribution in [0.5, 0.6) is 0 Å². The van der Waals surface area contributed by atoms with Crippen molar-refractivity contribution >= 4 is 5.69 Å². The zero-order valence-electron chi connectivity index (χ0n) is 9.77. The summed E-state index contributed by atoms with van der Waals surface area (Å²) in [4.78, 5) is 2.22. The predicted octanol–water partition coefficient (Wildman–Crippen LogP) is 1.65. The molecule has 2 unspecified atom stereocenters. The van der Waals surface area contributed by atoms with Gasteiger partial charge in [-0.05, 0) is 30.5 Å². The maximum absolute atomic E-state index is 9.13. The molecule has 0 aliphatic carbocycles. The molecule has 16 heavy (non-hydrogen) atoms. The second kappa shape index (κ2) is 4.15. The Labute approximate surface area is 96.5 Å². The summed E-state index contributed by atoms with van der Waals surface area (Å²) in [7, 11) is 0. The Hall–Kier alpha value is -1.53. The van der Waals surface area contributed by atoms with Crippen molar-refractivity contribution in [1.29, 1.82) is 5.26 Å². The van der Waals surface area contributed by atoms with Crippen molar-refractivity contribution in [3.63, 3.8) is 0 Å². The molecule has 84 valence electrons. The standard InChI is InChI=1S/C13H17N3/c1-9-3-4-13(11(5-9)6-14)16-7-10(2)12(15)8-16/h3-5,10,12H,7-8,15H2,1-2H3. The first-order valence-corrected chi connectivity index (χ1v) is 5.63. The molecular formula is C13H17N3. The Kier molecular flexibility index (Phi) is 2.84. The van der Waals surface area contributed by atoms with Gasteiger partial charge < -0.3 is 10.6 Å². The van der Waals surface area contributed by atoms with Crippen molar-refractivity contribution < 1.29 is 0 Å². The third-order valence-electron chi connectivity index (χ3n) is 3.28. The van der Waals surface area contributed by atoms with Crippen LogP contribution in [0.3, 0.4) is 0 Å². The van der Waals surface area contributed by atoms with E-state index in [1.807, 2.05) is 25.1 Å². The first kappa shape index (κ1) is 11.0. The van der Waals surface area contributed by atoms with Gasteiger partial charge in [0.15, 0.2) is 0 Å². The Bertz CT molecular complexity index is 423. The van der Waals surface area contributed by atoms with Crippen LogP contribution in [-0.2, 0) is 0 Å². The van der Waals surface area contributed by atoms with E-state index in [1.54, 1.807) is 0 Å². The van der Waals surface area contributed by atoms with Crippen molar-refractivity contribution in [2.75, 3.05) is 18.0 Å². The summed E-state index contributed by atoms with van der Waals surface area (Å²) in [6.45, 7) is 5.95. The molecule has 0 radical (unpaired) electrons. The number of nitrogens with zero attached hydrogens (tertiary/aromatic N) is 2. The molecule has 0 aromatic heterocycles. The average Bonchev–Trinajstić information content (AvgIpc) is 2.59. The van der Waals surface area contributed by atoms with E-state index < -0.39 is 0 Å². The highest BCUT2D eigenvalue weighted by Gasteiger charge is 2.27. The Morgan fingerprint density at radius 1 is 1.44 bits per heavy atom. The van der Waals surface area contributed by atoms with Crippen LogP contribution in [0, 0.1) is 24.2 Å². The monoisotopic (exact) mass is 215 g/mol. The van der Waals surface area contributed by atoms with Crippen LogP contribution in [0.25, 0.3) is 0 Å². The highest BCUT2D eigenvalue weighted by molar-refractivity contribution is 5.61. The smallest absolute Gasteiger partial charge is 0.101 e. The summed E-state index contributed by atoms with van der Waals surface area (Å²) in [6, 6.07) is 8.48. The molecule has 1 aliphatic rings. The number of rotatable bonds is 1. The number of anilines is 1. The van der Waals surface area contributed by atoms with Crippen LogP contribution in [0.4, 0.5) is 5.69 Å². The Morgan fingerprint density at radius 2 is 2.19 bits per heavy atom. The molecule has 1 aliphatic heterocycles. The lowest BCUT2D eigenvalue weighted by molar-refractivity contribution is 0.566. The topological polar surface area (TPSA) is 53.0 Å². The minimum atomic E-state index is 0.216. The van der Waals surface area contributed by atoms with E-state index in [-0.39, 0.29) is 6.04 Å². The molecule has 1 heterocycles. The minimum absolute atomic E-state index is 0.216. The number of hydrogen-bond acceptors (Lipinski definition) is 3. The maximum atomic E-state index is 9.13. The molecule has 0 saturated carbocycles. The lowest BCUT2D eigenvalue weighted by Crippen LogP contribution is -2.28. The zero-order chi connectivity index (χ0) is 11.7. The molecule has 0 spiro atoms. The average molecular weight is 215 g/mol. The molecule has 2 rings (SSSR count). The van der Waals surface area contributed by atoms with Gasteiger partial charge in [-0.1, -0.05) is 13.0 Å². The molecule has 2 atom stereocenters. The highest BCUT2D eigenvalue weighted by atomic mass is 15.2. The largest absolute Gasteiger partial charge is 0.369 e. The summed E-state index contributed by atoms with van der Waals surface area (Å²) in [6.07, 6.45) is 0. The van der Waals surface area contributed by atoms with Crippen LogP contribution >= 0.6 is 0 Å². The van der Waals surface area contributed by atoms with E-state index in [2.05, 4.69) is 17.9 Å². The van der Waals surface area contributed by atoms with Gasteiger partial charge in [-0.25, -0.2) is 0 Å². The van der Waals surface area contributed by atoms with Crippen molar-refractivity contribution in [2.24, 2.45) is 11.7 Å². The van der Waals surface area contributed by atoms with Crippen LogP contribution in [-0.4, -0.2) is 19.1 Å². The Morgan fingerprint density at radius 3 is 2.75 bits per heavy atom. The lowest BCUT2D eigenvalue weighted by Gasteiger charge is -2.19. The summed E-state index contributed by atoms with van der Waals surface area (Å²) in [5.74, 6) is 0.493. The van der Waals surface area contributed by atoms with Crippen molar-refractivity contribution in [3.05, 3.63) is 29.3 Å². The first-order chi connectivity index (χ1) is 7.61. The van der Waals surface area contributed by atoms with Gasteiger partial charge in [-0.15, -0.1) is 0 Å². The second-order valence-electron chi connectivity index (χ2n) is 4.68. The van der Waals surface area contributed by atoms with E-state index in [0.717, 1.165) is 29.9 Å². The number of hydrogen-bond donors (Lipinski definition) is 1. The molecule has 1 saturated heterocycles. The fourth-order valence-corrected chi connectivity index (χ4v) is 2.20. The Balaban J connectivity index is 2.32. The van der Waals surface area contributed by atoms with Gasteiger partial charge in [0.1, 0.15) is 6.07 Å². The minimum Gasteiger partial charge on any atom is -0.369 e. The first-order valence-electron chi connectivity index (χ1n) is 5.63. The maximum Gasteiger partial charge on any atom is 0.101 e. The molecule has 0 amide bonds. The summed E-state index contributed by atoms with van der Waals surface area (Å²) < 4.78 is 0. The summed E-state index contributed by atoms with van der Waals surface area (Å²) in [5.41, 5.74) is 8.90. The zero-order valence-corrected chi connectivity index (χ0v) is 9.77. The quantitative estimate of drug-likeness (QED) is 0.775. The fourth-order valence-electron chi connectivity index (χ4n) is 2.20. The van der Waals surface area contributed by atoms with Gasteiger partial charge in [0.25, 0.3) is 0 Å². The second-order valence-corrected chi connectivity index (χ2v) is 4.68. The molecule has 3 heteroatoms. The number of aryl methyl sites for hydroxylation is 1. The number of nitrogens with two attached hydrogens (primary N) is 1. The van der Waals surface area contributed by atoms with E-state index >= 15 is 0 Å². The van der Waals surface area contributed by atoms with E-state index in [0.29, 0.717) is 5.92 Å². The summed E-state index contributed by atoms with van der Waals surface area (Å²) >= 11 is 0. The van der Waals surface area contributed by atoms with Gasteiger partial charge in [-0.2, -0.15) is 5.26 Å². The third-order valence-corrected chi connectivity index (χ3v) is 3.28. The molecule has 3 nitrogen and oxygen atoms in total. The molecule has 1 aromatic rings. The van der Waals surface area contributed by atoms with E-state index in [9.17, 15) is 0 Å². The molecule has 0 bridgehead atoms. The van der Waals surface area contributed by atoms with Crippen molar-refractivity contribution in [2.45, 2.75) is 19.9 Å². The van der Waals surface area contributed by atoms with E-state index in [4.69, 9.17) is 11.0 Å². The normalized spacial score (nSPS) is 24.5. The van der Waals surface area contributed by atoms with Gasteiger partial charge >= 0.3 is 0 Å². The molecule has 2 N–H and O–H groups in total. The van der Waals surface area contributed by atoms with Crippen LogP contribution in [0.2, 0.25) is 0 Å². The summed E-state index contributed by atoms with van der Waals surface area (Å²) in [5, 5.41) is 9.13. The molecule has 1 aromatic carbocycles. The van der Waals surface area contributed by atoms with Crippen molar-refractivity contribution in [3.8, 4) is 6.07 Å². The lowest BCUT2D eigenvalue weighted by atomic mass is 10.1. The van der Waals surface area contributed by atoms with E-state index in [1.165, 1.54) is 0 Å². The number of nitriles is 1. The number of benzene rings is 1. The van der Waals surface area contributed by atoms with Crippen LogP contribution in [0.1, 0.15) is 18.1 Å². The van der Waals surface area contributed by atoms with Gasteiger partial charge in [-0.3, -0.25) is 0 Å². The predicted molar refractivity (Wildman–Crippen MR) is 65.2 cm³/mol. The third kappa shape index (κ3) is 1.89. The van der Waals surface area contributed by atoms with Crippen LogP contribution in [0.15, 0.2) is 18.2 Å². The highest BCUT2D eigenvalue weighted by Crippen LogP contribution is 2.26. The fraction of sp³-hybridized carbons (Fsp3) is 0.462. The SMILES string of the molecule is Cc1ccc(N2CC(C)C(N)C2)c(C#N)c1. The van der Waals surface area contributed by atoms with Gasteiger partial charge in [0.2, 0.25) is 0 Å². The molecule has 1 fully saturated rings. The molecular weight excluding hydrogens is 198 g/mol. The van der Waals surface area contributed by atoms with Gasteiger partial charge in [0.05, 0.1) is 11.3 Å². The van der Waals surface area contributed by atoms with Gasteiger partial charge in [0, 0.05) is 19.1 Å². The van der Waals surface area contributed by atoms with Crippen molar-refractivity contribution in [1.82, 2.24) is 0 Å². The van der Waals surface area contributed by atoms with Crippen LogP contribution < -0.4 is 10.6 Å².